The van der Waals surface area contributed by atoms with Crippen LogP contribution in [0.25, 0.3) is 0 Å². The number of aromatic nitrogens is 1. The molecule has 0 radical (unpaired) electrons. The summed E-state index contributed by atoms with van der Waals surface area (Å²) in [4.78, 5) is 28.0. The maximum Gasteiger partial charge on any atom is 0.358 e. The highest BCUT2D eigenvalue weighted by Gasteiger charge is 2.15. The molecule has 7 heteroatoms. The molecule has 1 aromatic carbocycles. The monoisotopic (exact) mass is 345 g/mol. The molecule has 0 aliphatic heterocycles. The van der Waals surface area contributed by atoms with Crippen LogP contribution >= 0.6 is 11.3 Å². The largest absolute Gasteiger partial charge is 0.451 e. The van der Waals surface area contributed by atoms with Crippen LogP contribution in [0.4, 0.5) is 10.8 Å². The SMILES string of the molecule is C=CCNc1nc(C(=O)OCC(=O)Nc2c(C)cccc2C)cs1. The topological polar surface area (TPSA) is 80.3 Å². The number of esters is 1. The van der Waals surface area contributed by atoms with E-state index in [0.29, 0.717) is 11.7 Å². The van der Waals surface area contributed by atoms with Gasteiger partial charge in [0, 0.05) is 17.6 Å². The standard InChI is InChI=1S/C17H19N3O3S/c1-4-8-18-17-19-13(10-24-17)16(22)23-9-14(21)20-15-11(2)6-5-7-12(15)3/h4-7,10H,1,8-9H2,2-3H3,(H,18,19)(H,20,21). The number of carbonyl (C=O) groups excluding carboxylic acids is 2. The van der Waals surface area contributed by atoms with Crippen molar-refractivity contribution in [2.75, 3.05) is 23.8 Å². The van der Waals surface area contributed by atoms with Crippen LogP contribution in [-0.4, -0.2) is 30.0 Å². The van der Waals surface area contributed by atoms with Gasteiger partial charge in [-0.25, -0.2) is 9.78 Å². The number of hydrogen-bond acceptors (Lipinski definition) is 6. The first-order chi connectivity index (χ1) is 11.5. The van der Waals surface area contributed by atoms with Gasteiger partial charge in [0.25, 0.3) is 5.91 Å². The van der Waals surface area contributed by atoms with Crippen LogP contribution in [0.1, 0.15) is 21.6 Å². The fraction of sp³-hybridized carbons (Fsp3) is 0.235. The van der Waals surface area contributed by atoms with Crippen LogP contribution in [0.15, 0.2) is 36.2 Å². The average Bonchev–Trinajstić information content (AvgIpc) is 3.03. The van der Waals surface area contributed by atoms with Crippen LogP contribution in [0.2, 0.25) is 0 Å². The van der Waals surface area contributed by atoms with Gasteiger partial charge in [0.15, 0.2) is 17.4 Å². The Hall–Kier alpha value is -2.67. The molecule has 0 unspecified atom stereocenters. The van der Waals surface area contributed by atoms with Crippen molar-refractivity contribution in [3.8, 4) is 0 Å². The van der Waals surface area contributed by atoms with E-state index in [2.05, 4.69) is 22.2 Å². The van der Waals surface area contributed by atoms with E-state index in [4.69, 9.17) is 4.74 Å². The number of carbonyl (C=O) groups is 2. The molecule has 24 heavy (non-hydrogen) atoms. The first-order valence-corrected chi connectivity index (χ1v) is 8.22. The quantitative estimate of drug-likeness (QED) is 0.595. The lowest BCUT2D eigenvalue weighted by Gasteiger charge is -2.11. The van der Waals surface area contributed by atoms with Gasteiger partial charge in [-0.05, 0) is 25.0 Å². The number of aryl methyl sites for hydroxylation is 2. The van der Waals surface area contributed by atoms with Gasteiger partial charge in [0.05, 0.1) is 0 Å². The third-order valence-corrected chi connectivity index (χ3v) is 3.99. The molecule has 2 N–H and O–H groups in total. The minimum atomic E-state index is -0.630. The Bertz CT molecular complexity index is 735. The smallest absolute Gasteiger partial charge is 0.358 e. The van der Waals surface area contributed by atoms with Gasteiger partial charge in [-0.1, -0.05) is 24.3 Å². The molecule has 0 aliphatic carbocycles. The summed E-state index contributed by atoms with van der Waals surface area (Å²) >= 11 is 1.29. The lowest BCUT2D eigenvalue weighted by Crippen LogP contribution is -2.22. The number of hydrogen-bond donors (Lipinski definition) is 2. The van der Waals surface area contributed by atoms with Gasteiger partial charge in [0.1, 0.15) is 0 Å². The molecule has 0 atom stereocenters. The second-order valence-electron chi connectivity index (χ2n) is 5.10. The Morgan fingerprint density at radius 2 is 2.04 bits per heavy atom. The fourth-order valence-corrected chi connectivity index (χ4v) is 2.69. The van der Waals surface area contributed by atoms with E-state index in [-0.39, 0.29) is 18.2 Å². The van der Waals surface area contributed by atoms with E-state index in [1.54, 1.807) is 11.5 Å². The Balaban J connectivity index is 1.88. The van der Waals surface area contributed by atoms with Crippen LogP contribution in [0.3, 0.4) is 0 Å². The second kappa shape index (κ2) is 8.26. The third-order valence-electron chi connectivity index (χ3n) is 3.19. The Labute approximate surface area is 144 Å². The molecular weight excluding hydrogens is 326 g/mol. The first kappa shape index (κ1) is 17.7. The van der Waals surface area contributed by atoms with Crippen molar-refractivity contribution in [3.63, 3.8) is 0 Å². The van der Waals surface area contributed by atoms with Crippen molar-refractivity contribution >= 4 is 34.0 Å². The summed E-state index contributed by atoms with van der Waals surface area (Å²) in [6.07, 6.45) is 1.69. The van der Waals surface area contributed by atoms with Crippen molar-refractivity contribution in [1.82, 2.24) is 4.98 Å². The number of nitrogens with one attached hydrogen (secondary N) is 2. The zero-order valence-corrected chi connectivity index (χ0v) is 14.4. The van der Waals surface area contributed by atoms with Gasteiger partial charge in [-0.2, -0.15) is 0 Å². The Morgan fingerprint density at radius 1 is 1.33 bits per heavy atom. The van der Waals surface area contributed by atoms with Gasteiger partial charge < -0.3 is 15.4 Å². The third kappa shape index (κ3) is 4.66. The molecule has 0 fully saturated rings. The van der Waals surface area contributed by atoms with Gasteiger partial charge in [-0.3, -0.25) is 4.79 Å². The molecule has 1 amide bonds. The highest BCUT2D eigenvalue weighted by Crippen LogP contribution is 2.19. The van der Waals surface area contributed by atoms with E-state index in [9.17, 15) is 9.59 Å². The molecule has 1 aromatic heterocycles. The molecule has 2 rings (SSSR count). The summed E-state index contributed by atoms with van der Waals surface area (Å²) in [5, 5.41) is 7.92. The van der Waals surface area contributed by atoms with Gasteiger partial charge >= 0.3 is 5.97 Å². The summed E-state index contributed by atoms with van der Waals surface area (Å²) in [5.41, 5.74) is 2.81. The molecule has 0 saturated carbocycles. The summed E-state index contributed by atoms with van der Waals surface area (Å²) in [7, 11) is 0. The summed E-state index contributed by atoms with van der Waals surface area (Å²) in [5.74, 6) is -1.02. The second-order valence-corrected chi connectivity index (χ2v) is 5.96. The number of anilines is 2. The minimum Gasteiger partial charge on any atom is -0.451 e. The summed E-state index contributed by atoms with van der Waals surface area (Å²) < 4.78 is 5.00. The molecule has 126 valence electrons. The fourth-order valence-electron chi connectivity index (χ4n) is 2.00. The van der Waals surface area contributed by atoms with Crippen molar-refractivity contribution in [3.05, 3.63) is 53.1 Å². The predicted octanol–water partition coefficient (Wildman–Crippen LogP) is 3.15. The highest BCUT2D eigenvalue weighted by molar-refractivity contribution is 7.13. The number of benzene rings is 1. The van der Waals surface area contributed by atoms with E-state index < -0.39 is 5.97 Å². The molecule has 6 nitrogen and oxygen atoms in total. The molecule has 1 heterocycles. The van der Waals surface area contributed by atoms with E-state index in [1.165, 1.54) is 11.3 Å². The van der Waals surface area contributed by atoms with Crippen molar-refractivity contribution < 1.29 is 14.3 Å². The maximum absolute atomic E-state index is 12.0. The van der Waals surface area contributed by atoms with Crippen LogP contribution in [-0.2, 0) is 9.53 Å². The lowest BCUT2D eigenvalue weighted by atomic mass is 10.1. The number of rotatable bonds is 7. The van der Waals surface area contributed by atoms with Crippen LogP contribution in [0, 0.1) is 13.8 Å². The van der Waals surface area contributed by atoms with E-state index in [1.807, 2.05) is 32.0 Å². The predicted molar refractivity (Wildman–Crippen MR) is 95.6 cm³/mol. The zero-order valence-electron chi connectivity index (χ0n) is 13.6. The van der Waals surface area contributed by atoms with Crippen molar-refractivity contribution in [2.24, 2.45) is 0 Å². The lowest BCUT2D eigenvalue weighted by molar-refractivity contribution is -0.119. The highest BCUT2D eigenvalue weighted by atomic mass is 32.1. The Morgan fingerprint density at radius 3 is 2.71 bits per heavy atom. The average molecular weight is 345 g/mol. The molecule has 0 aliphatic rings. The molecule has 0 spiro atoms. The molecule has 0 bridgehead atoms. The normalized spacial score (nSPS) is 10.1. The van der Waals surface area contributed by atoms with Crippen LogP contribution in [0.5, 0.6) is 0 Å². The molecule has 2 aromatic rings. The molecule has 0 saturated heterocycles. The number of amides is 1. The van der Waals surface area contributed by atoms with Gasteiger partial charge in [-0.15, -0.1) is 17.9 Å². The summed E-state index contributed by atoms with van der Waals surface area (Å²) in [6, 6.07) is 5.73. The van der Waals surface area contributed by atoms with E-state index in [0.717, 1.165) is 16.8 Å². The van der Waals surface area contributed by atoms with Gasteiger partial charge in [0.2, 0.25) is 0 Å². The van der Waals surface area contributed by atoms with Crippen LogP contribution < -0.4 is 10.6 Å². The number of para-hydroxylation sites is 1. The van der Waals surface area contributed by atoms with Crippen molar-refractivity contribution in [2.45, 2.75) is 13.8 Å². The minimum absolute atomic E-state index is 0.173. The molecular formula is C17H19N3O3S. The first-order valence-electron chi connectivity index (χ1n) is 7.34. The maximum atomic E-state index is 12.0. The zero-order chi connectivity index (χ0) is 17.5. The number of ether oxygens (including phenoxy) is 1. The number of nitrogens with zero attached hydrogens (tertiary/aromatic N) is 1. The van der Waals surface area contributed by atoms with E-state index >= 15 is 0 Å². The Kier molecular flexibility index (Phi) is 6.08. The van der Waals surface area contributed by atoms with Crippen molar-refractivity contribution in [1.29, 1.82) is 0 Å². The summed E-state index contributed by atoms with van der Waals surface area (Å²) in [6.45, 7) is 7.59. The number of thiazole rings is 1.